The van der Waals surface area contributed by atoms with Gasteiger partial charge >= 0.3 is 0 Å². The molecule has 1 aromatic heterocycles. The van der Waals surface area contributed by atoms with Crippen molar-refractivity contribution in [3.8, 4) is 0 Å². The quantitative estimate of drug-likeness (QED) is 0.932. The van der Waals surface area contributed by atoms with Crippen LogP contribution in [0, 0.1) is 0 Å². The van der Waals surface area contributed by atoms with Crippen LogP contribution in [0.1, 0.15) is 24.2 Å². The Labute approximate surface area is 120 Å². The molecule has 1 heterocycles. The molecule has 0 aliphatic rings. The fourth-order valence-corrected chi connectivity index (χ4v) is 2.51. The summed E-state index contributed by atoms with van der Waals surface area (Å²) in [6.45, 7) is 2.80. The summed E-state index contributed by atoms with van der Waals surface area (Å²) in [6, 6.07) is 8.01. The van der Waals surface area contributed by atoms with E-state index in [0.29, 0.717) is 5.02 Å². The number of nitrogens with two attached hydrogens (primary N) is 1. The van der Waals surface area contributed by atoms with E-state index in [4.69, 9.17) is 17.3 Å². The van der Waals surface area contributed by atoms with E-state index >= 15 is 0 Å². The summed E-state index contributed by atoms with van der Waals surface area (Å²) < 4.78 is 2.92. The number of nitrogens with zero attached hydrogens (tertiary/aromatic N) is 2. The molecule has 2 aromatic rings. The summed E-state index contributed by atoms with van der Waals surface area (Å²) in [4.78, 5) is 0. The van der Waals surface area contributed by atoms with Crippen LogP contribution in [0.5, 0.6) is 0 Å². The molecule has 0 fully saturated rings. The standard InChI is InChI=1S/C13H15BrClN3/c1-2-18-13(11(15)8-17-18)12(16)7-9-3-5-10(14)6-4-9/h3-6,8,12H,2,7,16H2,1H3. The highest BCUT2D eigenvalue weighted by Gasteiger charge is 2.16. The van der Waals surface area contributed by atoms with Gasteiger partial charge in [-0.25, -0.2) is 0 Å². The van der Waals surface area contributed by atoms with Gasteiger partial charge in [-0.3, -0.25) is 4.68 Å². The fraction of sp³-hybridized carbons (Fsp3) is 0.308. The van der Waals surface area contributed by atoms with Crippen molar-refractivity contribution in [2.24, 2.45) is 5.73 Å². The van der Waals surface area contributed by atoms with Crippen LogP contribution in [0.2, 0.25) is 5.02 Å². The van der Waals surface area contributed by atoms with E-state index in [9.17, 15) is 0 Å². The maximum Gasteiger partial charge on any atom is 0.0834 e. The Bertz CT molecular complexity index is 522. The lowest BCUT2D eigenvalue weighted by Gasteiger charge is -2.14. The lowest BCUT2D eigenvalue weighted by molar-refractivity contribution is 0.568. The van der Waals surface area contributed by atoms with Gasteiger partial charge in [-0.2, -0.15) is 5.10 Å². The Balaban J connectivity index is 2.18. The first-order valence-corrected chi connectivity index (χ1v) is 7.00. The van der Waals surface area contributed by atoms with Crippen LogP contribution in [0.15, 0.2) is 34.9 Å². The molecule has 1 aromatic carbocycles. The van der Waals surface area contributed by atoms with E-state index < -0.39 is 0 Å². The van der Waals surface area contributed by atoms with Crippen LogP contribution in [0.25, 0.3) is 0 Å². The number of halogens is 2. The van der Waals surface area contributed by atoms with Gasteiger partial charge in [0.25, 0.3) is 0 Å². The number of aromatic nitrogens is 2. The van der Waals surface area contributed by atoms with Crippen molar-refractivity contribution in [1.82, 2.24) is 9.78 Å². The van der Waals surface area contributed by atoms with Crippen molar-refractivity contribution in [2.75, 3.05) is 0 Å². The molecule has 0 bridgehead atoms. The third-order valence-electron chi connectivity index (χ3n) is 2.85. The minimum absolute atomic E-state index is 0.138. The summed E-state index contributed by atoms with van der Waals surface area (Å²) in [7, 11) is 0. The van der Waals surface area contributed by atoms with Crippen LogP contribution < -0.4 is 5.73 Å². The second kappa shape index (κ2) is 5.87. The summed E-state index contributed by atoms with van der Waals surface area (Å²) >= 11 is 9.56. The number of aryl methyl sites for hydroxylation is 1. The molecule has 1 unspecified atom stereocenters. The zero-order chi connectivity index (χ0) is 13.1. The van der Waals surface area contributed by atoms with Crippen molar-refractivity contribution in [3.63, 3.8) is 0 Å². The third kappa shape index (κ3) is 2.94. The molecule has 0 saturated carbocycles. The van der Waals surface area contributed by atoms with Gasteiger partial charge in [-0.05, 0) is 31.0 Å². The second-order valence-electron chi connectivity index (χ2n) is 4.13. The predicted molar refractivity (Wildman–Crippen MR) is 77.7 cm³/mol. The molecule has 0 aliphatic heterocycles. The molecular weight excluding hydrogens is 314 g/mol. The van der Waals surface area contributed by atoms with Gasteiger partial charge < -0.3 is 5.73 Å². The molecule has 0 spiro atoms. The first-order valence-electron chi connectivity index (χ1n) is 5.83. The molecule has 0 saturated heterocycles. The summed E-state index contributed by atoms with van der Waals surface area (Å²) in [6.07, 6.45) is 2.40. The van der Waals surface area contributed by atoms with Crippen molar-refractivity contribution in [1.29, 1.82) is 0 Å². The van der Waals surface area contributed by atoms with Crippen LogP contribution in [0.3, 0.4) is 0 Å². The van der Waals surface area contributed by atoms with Crippen LogP contribution in [0.4, 0.5) is 0 Å². The smallest absolute Gasteiger partial charge is 0.0834 e. The van der Waals surface area contributed by atoms with E-state index in [1.54, 1.807) is 6.20 Å². The second-order valence-corrected chi connectivity index (χ2v) is 5.45. The number of hydrogen-bond acceptors (Lipinski definition) is 2. The SMILES string of the molecule is CCn1ncc(Cl)c1C(N)Cc1ccc(Br)cc1. The lowest BCUT2D eigenvalue weighted by Crippen LogP contribution is -2.18. The Morgan fingerprint density at radius 1 is 1.39 bits per heavy atom. The van der Waals surface area contributed by atoms with Gasteiger partial charge in [0.15, 0.2) is 0 Å². The zero-order valence-corrected chi connectivity index (χ0v) is 12.4. The molecule has 96 valence electrons. The zero-order valence-electron chi connectivity index (χ0n) is 10.1. The van der Waals surface area contributed by atoms with Crippen LogP contribution in [-0.4, -0.2) is 9.78 Å². The number of benzene rings is 1. The molecule has 2 rings (SSSR count). The summed E-state index contributed by atoms with van der Waals surface area (Å²) in [5, 5.41) is 4.85. The van der Waals surface area contributed by atoms with Gasteiger partial charge in [0.2, 0.25) is 0 Å². The Kier molecular flexibility index (Phi) is 4.43. The van der Waals surface area contributed by atoms with Crippen molar-refractivity contribution < 1.29 is 0 Å². The first kappa shape index (κ1) is 13.6. The lowest BCUT2D eigenvalue weighted by atomic mass is 10.0. The average molecular weight is 329 g/mol. The molecule has 0 radical (unpaired) electrons. The van der Waals surface area contributed by atoms with E-state index in [-0.39, 0.29) is 6.04 Å². The van der Waals surface area contributed by atoms with E-state index in [2.05, 4.69) is 33.2 Å². The molecular formula is C13H15BrClN3. The maximum atomic E-state index is 6.23. The number of hydrogen-bond donors (Lipinski definition) is 1. The van der Waals surface area contributed by atoms with Crippen LogP contribution in [-0.2, 0) is 13.0 Å². The first-order chi connectivity index (χ1) is 8.61. The molecule has 1 atom stereocenters. The number of rotatable bonds is 4. The van der Waals surface area contributed by atoms with Gasteiger partial charge in [0, 0.05) is 11.0 Å². The molecule has 2 N–H and O–H groups in total. The highest BCUT2D eigenvalue weighted by atomic mass is 79.9. The largest absolute Gasteiger partial charge is 0.322 e. The van der Waals surface area contributed by atoms with Gasteiger partial charge in [0.1, 0.15) is 0 Å². The van der Waals surface area contributed by atoms with Crippen LogP contribution >= 0.6 is 27.5 Å². The van der Waals surface area contributed by atoms with Crippen molar-refractivity contribution >= 4 is 27.5 Å². The summed E-state index contributed by atoms with van der Waals surface area (Å²) in [5.74, 6) is 0. The molecule has 0 amide bonds. The molecule has 3 nitrogen and oxygen atoms in total. The molecule has 0 aliphatic carbocycles. The predicted octanol–water partition coefficient (Wildman–Crippen LogP) is 3.56. The van der Waals surface area contributed by atoms with E-state index in [1.807, 2.05) is 23.7 Å². The molecule has 5 heteroatoms. The van der Waals surface area contributed by atoms with Gasteiger partial charge in [0.05, 0.1) is 23.0 Å². The fourth-order valence-electron chi connectivity index (χ4n) is 1.96. The van der Waals surface area contributed by atoms with Gasteiger partial charge in [-0.15, -0.1) is 0 Å². The summed E-state index contributed by atoms with van der Waals surface area (Å²) in [5.41, 5.74) is 8.32. The molecule has 18 heavy (non-hydrogen) atoms. The Morgan fingerprint density at radius 3 is 2.67 bits per heavy atom. The monoisotopic (exact) mass is 327 g/mol. The van der Waals surface area contributed by atoms with E-state index in [1.165, 1.54) is 5.56 Å². The van der Waals surface area contributed by atoms with Crippen molar-refractivity contribution in [3.05, 3.63) is 51.2 Å². The highest BCUT2D eigenvalue weighted by Crippen LogP contribution is 2.24. The van der Waals surface area contributed by atoms with Gasteiger partial charge in [-0.1, -0.05) is 39.7 Å². The highest BCUT2D eigenvalue weighted by molar-refractivity contribution is 9.10. The minimum Gasteiger partial charge on any atom is -0.322 e. The third-order valence-corrected chi connectivity index (χ3v) is 3.67. The Morgan fingerprint density at radius 2 is 2.06 bits per heavy atom. The minimum atomic E-state index is -0.138. The maximum absolute atomic E-state index is 6.23. The van der Waals surface area contributed by atoms with Crippen molar-refractivity contribution in [2.45, 2.75) is 25.9 Å². The average Bonchev–Trinajstić information content (AvgIpc) is 2.73. The topological polar surface area (TPSA) is 43.8 Å². The normalized spacial score (nSPS) is 12.7. The van der Waals surface area contributed by atoms with E-state index in [0.717, 1.165) is 23.1 Å². The Hall–Kier alpha value is -0.840.